The Morgan fingerprint density at radius 3 is 2.64 bits per heavy atom. The van der Waals surface area contributed by atoms with Gasteiger partial charge in [-0.05, 0) is 56.1 Å². The Morgan fingerprint density at radius 1 is 1.16 bits per heavy atom. The molecule has 0 atom stereocenters. The highest BCUT2D eigenvalue weighted by molar-refractivity contribution is 6.02. The molecule has 10 nitrogen and oxygen atoms in total. The van der Waals surface area contributed by atoms with Gasteiger partial charge in [0.2, 0.25) is 11.9 Å². The molecule has 0 unspecified atom stereocenters. The molecule has 1 aliphatic rings. The molecule has 1 aliphatic heterocycles. The van der Waals surface area contributed by atoms with Gasteiger partial charge in [-0.1, -0.05) is 6.58 Å². The summed E-state index contributed by atoms with van der Waals surface area (Å²) in [5.41, 5.74) is 2.39. The summed E-state index contributed by atoms with van der Waals surface area (Å²) in [6.07, 6.45) is -0.183. The van der Waals surface area contributed by atoms with Gasteiger partial charge in [-0.2, -0.15) is 18.2 Å². The SMILES string of the molecule is C=CC(=O)Nc1cc(Nc2nccc(-n3cc(CN(C)C)c4ccc(F)cc43)n2)c(OCC(F)(F)F)cc1N1CCOCC1. The zero-order valence-electron chi connectivity index (χ0n) is 24.1. The lowest BCUT2D eigenvalue weighted by molar-refractivity contribution is -0.153. The molecule has 2 aromatic carbocycles. The van der Waals surface area contributed by atoms with E-state index < -0.39 is 24.5 Å². The van der Waals surface area contributed by atoms with Gasteiger partial charge < -0.3 is 34.5 Å². The van der Waals surface area contributed by atoms with E-state index in [-0.39, 0.29) is 17.4 Å². The second-order valence-corrected chi connectivity index (χ2v) is 10.3. The third-order valence-electron chi connectivity index (χ3n) is 6.76. The average molecular weight is 614 g/mol. The Morgan fingerprint density at radius 2 is 1.93 bits per heavy atom. The van der Waals surface area contributed by atoms with Crippen molar-refractivity contribution in [2.45, 2.75) is 12.7 Å². The lowest BCUT2D eigenvalue weighted by Gasteiger charge is -2.31. The van der Waals surface area contributed by atoms with Crippen molar-refractivity contribution in [3.05, 3.63) is 72.8 Å². The monoisotopic (exact) mass is 613 g/mol. The van der Waals surface area contributed by atoms with E-state index in [1.165, 1.54) is 30.5 Å². The van der Waals surface area contributed by atoms with Crippen molar-refractivity contribution in [3.63, 3.8) is 0 Å². The molecular formula is C30H31F4N7O3. The van der Waals surface area contributed by atoms with Crippen LogP contribution in [0.5, 0.6) is 5.75 Å². The van der Waals surface area contributed by atoms with Crippen molar-refractivity contribution in [1.29, 1.82) is 0 Å². The summed E-state index contributed by atoms with van der Waals surface area (Å²) in [5, 5.41) is 6.52. The molecule has 0 aliphatic carbocycles. The van der Waals surface area contributed by atoms with E-state index in [1.54, 1.807) is 16.7 Å². The van der Waals surface area contributed by atoms with Crippen LogP contribution in [0.15, 0.2) is 61.4 Å². The van der Waals surface area contributed by atoms with Crippen LogP contribution in [0.2, 0.25) is 0 Å². The smallest absolute Gasteiger partial charge is 0.422 e. The third-order valence-corrected chi connectivity index (χ3v) is 6.76. The van der Waals surface area contributed by atoms with E-state index in [0.717, 1.165) is 17.0 Å². The third kappa shape index (κ3) is 7.26. The highest BCUT2D eigenvalue weighted by Crippen LogP contribution is 2.39. The topological polar surface area (TPSA) is 96.8 Å². The van der Waals surface area contributed by atoms with Crippen molar-refractivity contribution in [2.24, 2.45) is 0 Å². The van der Waals surface area contributed by atoms with Gasteiger partial charge in [0.1, 0.15) is 17.4 Å². The molecule has 2 aromatic heterocycles. The zero-order chi connectivity index (χ0) is 31.4. The van der Waals surface area contributed by atoms with Crippen LogP contribution in [-0.2, 0) is 16.1 Å². The number of hydrogen-bond donors (Lipinski definition) is 2. The lowest BCUT2D eigenvalue weighted by Crippen LogP contribution is -2.36. The Kier molecular flexibility index (Phi) is 9.01. The fourth-order valence-corrected chi connectivity index (χ4v) is 4.89. The molecule has 5 rings (SSSR count). The maximum atomic E-state index is 14.3. The summed E-state index contributed by atoms with van der Waals surface area (Å²) in [6, 6.07) is 9.03. The van der Waals surface area contributed by atoms with Crippen LogP contribution in [0.25, 0.3) is 16.7 Å². The number of aromatic nitrogens is 3. The number of amides is 1. The molecule has 44 heavy (non-hydrogen) atoms. The average Bonchev–Trinajstić information content (AvgIpc) is 3.33. The lowest BCUT2D eigenvalue weighted by atomic mass is 10.1. The van der Waals surface area contributed by atoms with Crippen LogP contribution in [-0.4, -0.2) is 78.5 Å². The zero-order valence-corrected chi connectivity index (χ0v) is 24.1. The highest BCUT2D eigenvalue weighted by Gasteiger charge is 2.30. The van der Waals surface area contributed by atoms with Gasteiger partial charge in [0.15, 0.2) is 6.61 Å². The summed E-state index contributed by atoms with van der Waals surface area (Å²) in [6.45, 7) is 4.26. The largest absolute Gasteiger partial charge is 0.482 e. The number of nitrogens with one attached hydrogen (secondary N) is 2. The number of nitrogens with zero attached hydrogens (tertiary/aromatic N) is 5. The van der Waals surface area contributed by atoms with Crippen molar-refractivity contribution < 1.29 is 31.8 Å². The summed E-state index contributed by atoms with van der Waals surface area (Å²) >= 11 is 0. The molecule has 1 saturated heterocycles. The van der Waals surface area contributed by atoms with Gasteiger partial charge in [-0.25, -0.2) is 9.37 Å². The van der Waals surface area contributed by atoms with E-state index in [4.69, 9.17) is 9.47 Å². The van der Waals surface area contributed by atoms with Gasteiger partial charge in [0, 0.05) is 43.5 Å². The minimum absolute atomic E-state index is 0.0342. The maximum absolute atomic E-state index is 14.3. The molecule has 0 saturated carbocycles. The fraction of sp³-hybridized carbons (Fsp3) is 0.300. The minimum Gasteiger partial charge on any atom is -0.482 e. The van der Waals surface area contributed by atoms with E-state index in [1.807, 2.05) is 30.1 Å². The van der Waals surface area contributed by atoms with Gasteiger partial charge in [-0.15, -0.1) is 0 Å². The normalized spacial score (nSPS) is 13.8. The molecule has 232 valence electrons. The molecule has 1 fully saturated rings. The van der Waals surface area contributed by atoms with Crippen LogP contribution < -0.4 is 20.3 Å². The maximum Gasteiger partial charge on any atom is 0.422 e. The van der Waals surface area contributed by atoms with E-state index in [0.29, 0.717) is 55.6 Å². The van der Waals surface area contributed by atoms with E-state index >= 15 is 0 Å². The van der Waals surface area contributed by atoms with Gasteiger partial charge in [0.25, 0.3) is 0 Å². The second kappa shape index (κ2) is 12.9. The standard InChI is InChI=1S/C30H31F4N7O3/c1-4-28(42)36-22-14-23(26(44-18-30(32,33)34)15-25(22)40-9-11-43-12-10-40)37-29-35-8-7-27(38-29)41-17-19(16-39(2)3)21-6-5-20(31)13-24(21)41/h4-8,13-15,17H,1,9-12,16,18H2,2-3H3,(H,36,42)(H,35,37,38). The quantitative estimate of drug-likeness (QED) is 0.185. The number of fused-ring (bicyclic) bond motifs is 1. The number of alkyl halides is 3. The predicted molar refractivity (Wildman–Crippen MR) is 159 cm³/mol. The van der Waals surface area contributed by atoms with Crippen LogP contribution in [0.4, 0.5) is 40.6 Å². The van der Waals surface area contributed by atoms with Crippen molar-refractivity contribution in [1.82, 2.24) is 19.4 Å². The number of ether oxygens (including phenoxy) is 2. The summed E-state index contributed by atoms with van der Waals surface area (Å²) in [4.78, 5) is 25.0. The number of benzene rings is 2. The number of morpholine rings is 1. The van der Waals surface area contributed by atoms with Gasteiger partial charge in [-0.3, -0.25) is 4.79 Å². The Bertz CT molecular complexity index is 1670. The van der Waals surface area contributed by atoms with Crippen LogP contribution in [0.1, 0.15) is 5.56 Å². The molecular weight excluding hydrogens is 582 g/mol. The summed E-state index contributed by atoms with van der Waals surface area (Å²) < 4.78 is 66.3. The predicted octanol–water partition coefficient (Wildman–Crippen LogP) is 5.27. The van der Waals surface area contributed by atoms with E-state index in [9.17, 15) is 22.4 Å². The molecule has 1 amide bonds. The first kappa shape index (κ1) is 30.8. The number of carbonyl (C=O) groups excluding carboxylic acids is 1. The molecule has 0 bridgehead atoms. The molecule has 4 aromatic rings. The number of hydrogen-bond acceptors (Lipinski definition) is 8. The summed E-state index contributed by atoms with van der Waals surface area (Å²) in [5.74, 6) is -0.622. The van der Waals surface area contributed by atoms with Crippen LogP contribution >= 0.6 is 0 Å². The van der Waals surface area contributed by atoms with Crippen molar-refractivity contribution >= 4 is 39.8 Å². The Hall–Kier alpha value is -4.69. The minimum atomic E-state index is -4.60. The number of halogens is 4. The Labute approximate surface area is 250 Å². The van der Waals surface area contributed by atoms with Gasteiger partial charge in [0.05, 0.1) is 35.8 Å². The first-order chi connectivity index (χ1) is 21.0. The van der Waals surface area contributed by atoms with E-state index in [2.05, 4.69) is 27.2 Å². The van der Waals surface area contributed by atoms with Gasteiger partial charge >= 0.3 is 6.18 Å². The van der Waals surface area contributed by atoms with Crippen molar-refractivity contribution in [2.75, 3.05) is 62.5 Å². The van der Waals surface area contributed by atoms with Crippen LogP contribution in [0, 0.1) is 5.82 Å². The number of rotatable bonds is 10. The number of anilines is 4. The second-order valence-electron chi connectivity index (χ2n) is 10.3. The summed E-state index contributed by atoms with van der Waals surface area (Å²) in [7, 11) is 3.85. The Balaban J connectivity index is 1.56. The molecule has 14 heteroatoms. The molecule has 0 spiro atoms. The first-order valence-electron chi connectivity index (χ1n) is 13.7. The fourth-order valence-electron chi connectivity index (χ4n) is 4.89. The molecule has 2 N–H and O–H groups in total. The van der Waals surface area contributed by atoms with Crippen molar-refractivity contribution in [3.8, 4) is 11.6 Å². The van der Waals surface area contributed by atoms with Crippen LogP contribution in [0.3, 0.4) is 0 Å². The molecule has 3 heterocycles. The first-order valence-corrected chi connectivity index (χ1v) is 13.7. The highest BCUT2D eigenvalue weighted by atomic mass is 19.4. The molecule has 0 radical (unpaired) electrons. The number of carbonyl (C=O) groups is 1.